The molecule has 0 aliphatic heterocycles. The molecule has 0 aliphatic carbocycles. The van der Waals surface area contributed by atoms with E-state index in [4.69, 9.17) is 0 Å². The van der Waals surface area contributed by atoms with Gasteiger partial charge in [-0.15, -0.1) is 0 Å². The first-order valence-electron chi connectivity index (χ1n) is 6.45. The molecule has 0 rings (SSSR count). The summed E-state index contributed by atoms with van der Waals surface area (Å²) in [5.74, 6) is 10.4. The molecule has 0 nitrogen and oxygen atoms in total. The molecule has 2 unspecified atom stereocenters. The van der Waals surface area contributed by atoms with Crippen molar-refractivity contribution in [3.8, 4) is 0 Å². The van der Waals surface area contributed by atoms with Crippen molar-refractivity contribution in [2.45, 2.75) is 17.4 Å². The minimum atomic E-state index is 0.692. The summed E-state index contributed by atoms with van der Waals surface area (Å²) in [7, 11) is 0. The van der Waals surface area contributed by atoms with Crippen molar-refractivity contribution in [2.75, 3.05) is 51.8 Å². The zero-order valence-corrected chi connectivity index (χ0v) is 17.4. The Morgan fingerprint density at radius 1 is 0.789 bits per heavy atom. The van der Waals surface area contributed by atoms with Crippen LogP contribution in [0.2, 0.25) is 0 Å². The average Bonchev–Trinajstić information content (AvgIpc) is 2.44. The quantitative estimate of drug-likeness (QED) is 0.294. The Labute approximate surface area is 153 Å². The molecular weight excluding hydrogens is 369 g/mol. The molecule has 0 bridgehead atoms. The van der Waals surface area contributed by atoms with E-state index in [1.165, 1.54) is 28.8 Å². The van der Waals surface area contributed by atoms with Crippen molar-refractivity contribution in [3.05, 3.63) is 0 Å². The molecule has 0 aromatic heterocycles. The van der Waals surface area contributed by atoms with Crippen LogP contribution < -0.4 is 0 Å². The molecule has 0 spiro atoms. The van der Waals surface area contributed by atoms with Gasteiger partial charge in [0, 0.05) is 56.5 Å². The van der Waals surface area contributed by atoms with E-state index >= 15 is 0 Å². The molecule has 0 saturated carbocycles. The van der Waals surface area contributed by atoms with Gasteiger partial charge in [0.1, 0.15) is 0 Å². The third kappa shape index (κ3) is 15.1. The van der Waals surface area contributed by atoms with Crippen LogP contribution >= 0.6 is 84.9 Å². The van der Waals surface area contributed by atoms with Gasteiger partial charge in [-0.25, -0.2) is 0 Å². The van der Waals surface area contributed by atoms with Gasteiger partial charge in [-0.2, -0.15) is 84.9 Å². The Balaban J connectivity index is 3.25. The second-order valence-corrected chi connectivity index (χ2v) is 10.5. The number of hydrogen-bond donors (Lipinski definition) is 3. The lowest BCUT2D eigenvalue weighted by Crippen LogP contribution is -2.10. The number of hydrogen-bond acceptors (Lipinski definition) is 7. The molecule has 19 heavy (non-hydrogen) atoms. The van der Waals surface area contributed by atoms with Gasteiger partial charge in [-0.1, -0.05) is 6.92 Å². The predicted molar refractivity (Wildman–Crippen MR) is 114 cm³/mol. The van der Waals surface area contributed by atoms with E-state index in [0.29, 0.717) is 10.5 Å². The van der Waals surface area contributed by atoms with Gasteiger partial charge in [-0.05, 0) is 5.75 Å². The molecule has 0 N–H and O–H groups in total. The molecule has 0 radical (unpaired) electrons. The zero-order chi connectivity index (χ0) is 14.3. The van der Waals surface area contributed by atoms with E-state index in [0.717, 1.165) is 23.0 Å². The van der Waals surface area contributed by atoms with Crippen LogP contribution in [0.4, 0.5) is 0 Å². The summed E-state index contributed by atoms with van der Waals surface area (Å²) in [5, 5.41) is 1.38. The second kappa shape index (κ2) is 16.8. The summed E-state index contributed by atoms with van der Waals surface area (Å²) in [4.78, 5) is 0. The predicted octanol–water partition coefficient (Wildman–Crippen LogP) is 4.47. The summed E-state index contributed by atoms with van der Waals surface area (Å²) in [5.41, 5.74) is 0. The number of thiol groups is 3. The maximum absolute atomic E-state index is 4.41. The van der Waals surface area contributed by atoms with Crippen LogP contribution in [0.15, 0.2) is 0 Å². The van der Waals surface area contributed by atoms with Gasteiger partial charge in [0.2, 0.25) is 0 Å². The SMILES string of the molecule is CC(CS)SCCSCCSCC(CS)SCCS. The van der Waals surface area contributed by atoms with Crippen LogP contribution in [-0.2, 0) is 0 Å². The average molecular weight is 395 g/mol. The molecule has 116 valence electrons. The first-order chi connectivity index (χ1) is 9.24. The van der Waals surface area contributed by atoms with Crippen LogP contribution in [0.5, 0.6) is 0 Å². The van der Waals surface area contributed by atoms with Gasteiger partial charge in [0.05, 0.1) is 0 Å². The molecular formula is C12H26S7. The van der Waals surface area contributed by atoms with Crippen LogP contribution in [0.25, 0.3) is 0 Å². The fourth-order valence-corrected chi connectivity index (χ4v) is 6.70. The Morgan fingerprint density at radius 3 is 2.11 bits per heavy atom. The van der Waals surface area contributed by atoms with E-state index in [1.807, 2.05) is 23.5 Å². The standard InChI is InChI=1S/C12H26S7/c1-11(8-14)18-7-6-16-4-5-17-10-12(9-15)19-3-2-13/h11-15H,2-10H2,1H3. The van der Waals surface area contributed by atoms with Gasteiger partial charge >= 0.3 is 0 Å². The molecule has 0 aromatic rings. The molecule has 2 atom stereocenters. The highest BCUT2D eigenvalue weighted by molar-refractivity contribution is 8.06. The van der Waals surface area contributed by atoms with Gasteiger partial charge < -0.3 is 0 Å². The molecule has 0 fully saturated rings. The minimum Gasteiger partial charge on any atom is -0.179 e. The highest BCUT2D eigenvalue weighted by Crippen LogP contribution is 2.19. The van der Waals surface area contributed by atoms with Crippen molar-refractivity contribution < 1.29 is 0 Å². The molecule has 0 amide bonds. The van der Waals surface area contributed by atoms with Gasteiger partial charge in [0.15, 0.2) is 0 Å². The highest BCUT2D eigenvalue weighted by atomic mass is 32.2. The third-order valence-electron chi connectivity index (χ3n) is 2.21. The van der Waals surface area contributed by atoms with E-state index < -0.39 is 0 Å². The van der Waals surface area contributed by atoms with Crippen molar-refractivity contribution in [2.24, 2.45) is 0 Å². The molecule has 0 heterocycles. The summed E-state index contributed by atoms with van der Waals surface area (Å²) in [6, 6.07) is 0. The van der Waals surface area contributed by atoms with Crippen LogP contribution in [-0.4, -0.2) is 62.3 Å². The molecule has 0 aromatic carbocycles. The minimum absolute atomic E-state index is 0.692. The molecule has 0 aliphatic rings. The Bertz CT molecular complexity index is 179. The molecule has 7 heteroatoms. The largest absolute Gasteiger partial charge is 0.179 e. The van der Waals surface area contributed by atoms with Gasteiger partial charge in [-0.3, -0.25) is 0 Å². The summed E-state index contributed by atoms with van der Waals surface area (Å²) >= 11 is 21.1. The third-order valence-corrected chi connectivity index (χ3v) is 9.48. The van der Waals surface area contributed by atoms with E-state index in [1.54, 1.807) is 0 Å². The first-order valence-corrected chi connectivity index (χ1v) is 12.8. The Hall–Kier alpha value is 2.45. The maximum atomic E-state index is 4.41. The lowest BCUT2D eigenvalue weighted by atomic mass is 10.5. The fourth-order valence-electron chi connectivity index (χ4n) is 1.17. The van der Waals surface area contributed by atoms with Crippen molar-refractivity contribution in [3.63, 3.8) is 0 Å². The van der Waals surface area contributed by atoms with E-state index in [-0.39, 0.29) is 0 Å². The lowest BCUT2D eigenvalue weighted by Gasteiger charge is -2.12. The van der Waals surface area contributed by atoms with Crippen molar-refractivity contribution in [1.29, 1.82) is 0 Å². The Morgan fingerprint density at radius 2 is 1.47 bits per heavy atom. The molecule has 0 saturated heterocycles. The smallest absolute Gasteiger partial charge is 0.0226 e. The fraction of sp³-hybridized carbons (Fsp3) is 1.00. The van der Waals surface area contributed by atoms with Crippen LogP contribution in [0.3, 0.4) is 0 Å². The monoisotopic (exact) mass is 394 g/mol. The topological polar surface area (TPSA) is 0 Å². The summed E-state index contributed by atoms with van der Waals surface area (Å²) < 4.78 is 0. The summed E-state index contributed by atoms with van der Waals surface area (Å²) in [6.07, 6.45) is 0. The number of rotatable bonds is 14. The van der Waals surface area contributed by atoms with E-state index in [9.17, 15) is 0 Å². The van der Waals surface area contributed by atoms with Gasteiger partial charge in [0.25, 0.3) is 0 Å². The summed E-state index contributed by atoms with van der Waals surface area (Å²) in [6.45, 7) is 2.25. The van der Waals surface area contributed by atoms with E-state index in [2.05, 4.69) is 68.3 Å². The van der Waals surface area contributed by atoms with Crippen molar-refractivity contribution >= 4 is 84.9 Å². The van der Waals surface area contributed by atoms with Crippen LogP contribution in [0, 0.1) is 0 Å². The highest BCUT2D eigenvalue weighted by Gasteiger charge is 2.06. The first kappa shape index (κ1) is 21.4. The number of thioether (sulfide) groups is 4. The maximum Gasteiger partial charge on any atom is 0.0226 e. The lowest BCUT2D eigenvalue weighted by molar-refractivity contribution is 1.13. The van der Waals surface area contributed by atoms with Crippen molar-refractivity contribution in [1.82, 2.24) is 0 Å². The van der Waals surface area contributed by atoms with Crippen LogP contribution in [0.1, 0.15) is 6.92 Å². The zero-order valence-electron chi connectivity index (χ0n) is 11.5. The Kier molecular flexibility index (Phi) is 19.0. The second-order valence-electron chi connectivity index (χ2n) is 3.95. The normalized spacial score (nSPS) is 14.5.